The zero-order valence-corrected chi connectivity index (χ0v) is 13.9. The highest BCUT2D eigenvalue weighted by Crippen LogP contribution is 2.19. The number of halogens is 1. The fourth-order valence-corrected chi connectivity index (χ4v) is 2.17. The number of hydrogen-bond acceptors (Lipinski definition) is 3. The van der Waals surface area contributed by atoms with Crippen LogP contribution in [0.4, 0.5) is 5.69 Å². The van der Waals surface area contributed by atoms with Crippen molar-refractivity contribution in [3.63, 3.8) is 0 Å². The highest BCUT2D eigenvalue weighted by Gasteiger charge is 2.09. The van der Waals surface area contributed by atoms with E-state index in [1.807, 2.05) is 19.9 Å². The molecule has 122 valence electrons. The fourth-order valence-electron chi connectivity index (χ4n) is 1.99. The Hall–Kier alpha value is -2.27. The van der Waals surface area contributed by atoms with Gasteiger partial charge in [-0.15, -0.1) is 0 Å². The smallest absolute Gasteiger partial charge is 0.293 e. The molecule has 2 rings (SSSR count). The van der Waals surface area contributed by atoms with Crippen LogP contribution in [0.1, 0.15) is 18.9 Å². The van der Waals surface area contributed by atoms with E-state index in [2.05, 4.69) is 5.32 Å². The van der Waals surface area contributed by atoms with Gasteiger partial charge in [0.15, 0.2) is 5.75 Å². The van der Waals surface area contributed by atoms with E-state index in [1.165, 1.54) is 4.57 Å². The first-order valence-corrected chi connectivity index (χ1v) is 7.77. The Kier molecular flexibility index (Phi) is 5.82. The fraction of sp³-hybridized carbons (Fsp3) is 0.294. The molecule has 0 bridgehead atoms. The van der Waals surface area contributed by atoms with Gasteiger partial charge in [0.2, 0.25) is 5.91 Å². The molecule has 0 saturated heterocycles. The van der Waals surface area contributed by atoms with Crippen LogP contribution in [-0.4, -0.2) is 17.1 Å². The highest BCUT2D eigenvalue weighted by molar-refractivity contribution is 6.31. The molecule has 0 aliphatic carbocycles. The molecule has 0 saturated carbocycles. The maximum Gasteiger partial charge on any atom is 0.293 e. The van der Waals surface area contributed by atoms with Crippen molar-refractivity contribution >= 4 is 23.2 Å². The van der Waals surface area contributed by atoms with Crippen molar-refractivity contribution in [1.82, 2.24) is 4.57 Å². The molecule has 2 aromatic rings. The third kappa shape index (κ3) is 4.60. The topological polar surface area (TPSA) is 60.3 Å². The Balaban J connectivity index is 2.08. The van der Waals surface area contributed by atoms with Gasteiger partial charge < -0.3 is 14.6 Å². The second-order valence-corrected chi connectivity index (χ2v) is 5.57. The first-order valence-electron chi connectivity index (χ1n) is 7.39. The number of benzene rings is 1. The van der Waals surface area contributed by atoms with Crippen molar-refractivity contribution in [3.8, 4) is 5.75 Å². The Morgan fingerprint density at radius 2 is 2.13 bits per heavy atom. The van der Waals surface area contributed by atoms with Crippen molar-refractivity contribution < 1.29 is 9.53 Å². The van der Waals surface area contributed by atoms with E-state index in [1.54, 1.807) is 30.5 Å². The molecule has 0 spiro atoms. The molecular formula is C17H19ClN2O3. The monoisotopic (exact) mass is 334 g/mol. The average molecular weight is 335 g/mol. The van der Waals surface area contributed by atoms with Gasteiger partial charge in [0.1, 0.15) is 6.54 Å². The van der Waals surface area contributed by atoms with Crippen molar-refractivity contribution in [2.75, 3.05) is 11.9 Å². The number of carbonyl (C=O) groups excluding carboxylic acids is 1. The van der Waals surface area contributed by atoms with Crippen LogP contribution in [0.25, 0.3) is 0 Å². The lowest BCUT2D eigenvalue weighted by Gasteiger charge is -2.10. The number of anilines is 1. The lowest BCUT2D eigenvalue weighted by molar-refractivity contribution is -0.116. The molecule has 23 heavy (non-hydrogen) atoms. The summed E-state index contributed by atoms with van der Waals surface area (Å²) < 4.78 is 6.69. The summed E-state index contributed by atoms with van der Waals surface area (Å²) in [5, 5.41) is 3.30. The van der Waals surface area contributed by atoms with E-state index >= 15 is 0 Å². The molecule has 1 heterocycles. The summed E-state index contributed by atoms with van der Waals surface area (Å²) in [5.74, 6) is -0.0554. The molecule has 0 aliphatic rings. The molecule has 0 radical (unpaired) electrons. The summed E-state index contributed by atoms with van der Waals surface area (Å²) >= 11 is 6.03. The third-order valence-electron chi connectivity index (χ3n) is 3.22. The second-order valence-electron chi connectivity index (χ2n) is 5.17. The number of rotatable bonds is 6. The molecular weight excluding hydrogens is 316 g/mol. The maximum absolute atomic E-state index is 12.2. The average Bonchev–Trinajstić information content (AvgIpc) is 2.52. The van der Waals surface area contributed by atoms with Crippen LogP contribution in [0.5, 0.6) is 5.75 Å². The Labute approximate surface area is 139 Å². The number of amides is 1. The largest absolute Gasteiger partial charge is 0.488 e. The molecule has 1 amide bonds. The second kappa shape index (κ2) is 7.83. The summed E-state index contributed by atoms with van der Waals surface area (Å²) in [6.07, 6.45) is 2.37. The highest BCUT2D eigenvalue weighted by atomic mass is 35.5. The van der Waals surface area contributed by atoms with Gasteiger partial charge in [-0.05, 0) is 43.2 Å². The lowest BCUT2D eigenvalue weighted by atomic mass is 10.2. The normalized spacial score (nSPS) is 10.4. The van der Waals surface area contributed by atoms with Crippen LogP contribution < -0.4 is 15.6 Å². The first-order chi connectivity index (χ1) is 11.0. The van der Waals surface area contributed by atoms with Crippen molar-refractivity contribution in [2.45, 2.75) is 26.8 Å². The summed E-state index contributed by atoms with van der Waals surface area (Å²) in [6, 6.07) is 8.55. The van der Waals surface area contributed by atoms with Crippen LogP contribution in [-0.2, 0) is 11.3 Å². The van der Waals surface area contributed by atoms with Gasteiger partial charge in [0.25, 0.3) is 5.56 Å². The van der Waals surface area contributed by atoms with Crippen LogP contribution >= 0.6 is 11.6 Å². The predicted octanol–water partition coefficient (Wildman–Crippen LogP) is 3.24. The first kappa shape index (κ1) is 17.1. The van der Waals surface area contributed by atoms with Crippen molar-refractivity contribution in [1.29, 1.82) is 0 Å². The number of hydrogen-bond donors (Lipinski definition) is 1. The van der Waals surface area contributed by atoms with Gasteiger partial charge in [0, 0.05) is 16.9 Å². The Morgan fingerprint density at radius 3 is 2.83 bits per heavy atom. The van der Waals surface area contributed by atoms with Gasteiger partial charge in [-0.3, -0.25) is 9.59 Å². The number of aryl methyl sites for hydroxylation is 1. The number of nitrogens with zero attached hydrogens (tertiary/aromatic N) is 1. The zero-order valence-electron chi connectivity index (χ0n) is 13.1. The number of aromatic nitrogens is 1. The molecule has 1 aromatic heterocycles. The van der Waals surface area contributed by atoms with Crippen LogP contribution in [0.15, 0.2) is 41.3 Å². The molecule has 0 aliphatic heterocycles. The SMILES string of the molecule is CCCOc1cccn(CC(=O)Nc2ccc(C)c(Cl)c2)c1=O. The van der Waals surface area contributed by atoms with Crippen molar-refractivity contribution in [3.05, 3.63) is 57.5 Å². The van der Waals surface area contributed by atoms with E-state index in [-0.39, 0.29) is 23.8 Å². The quantitative estimate of drug-likeness (QED) is 0.882. The number of carbonyl (C=O) groups is 1. The minimum absolute atomic E-state index is 0.0896. The number of nitrogens with one attached hydrogen (secondary N) is 1. The third-order valence-corrected chi connectivity index (χ3v) is 3.62. The molecule has 1 aromatic carbocycles. The zero-order chi connectivity index (χ0) is 16.8. The van der Waals surface area contributed by atoms with Crippen LogP contribution in [0.2, 0.25) is 5.02 Å². The summed E-state index contributed by atoms with van der Waals surface area (Å²) in [7, 11) is 0. The Bertz CT molecular complexity index is 756. The van der Waals surface area contributed by atoms with E-state index < -0.39 is 0 Å². The minimum atomic E-state index is -0.321. The summed E-state index contributed by atoms with van der Waals surface area (Å²) in [5.41, 5.74) is 1.21. The van der Waals surface area contributed by atoms with E-state index in [4.69, 9.17) is 16.3 Å². The lowest BCUT2D eigenvalue weighted by Crippen LogP contribution is -2.28. The standard InChI is InChI=1S/C17H19ClN2O3/c1-3-9-23-15-5-4-8-20(17(15)22)11-16(21)19-13-7-6-12(2)14(18)10-13/h4-8,10H,3,9,11H2,1-2H3,(H,19,21). The molecule has 5 nitrogen and oxygen atoms in total. The van der Waals surface area contributed by atoms with Gasteiger partial charge in [0.05, 0.1) is 6.61 Å². The summed E-state index contributed by atoms with van der Waals surface area (Å²) in [4.78, 5) is 24.3. The molecule has 0 atom stereocenters. The predicted molar refractivity (Wildman–Crippen MR) is 91.3 cm³/mol. The van der Waals surface area contributed by atoms with Crippen LogP contribution in [0.3, 0.4) is 0 Å². The molecule has 6 heteroatoms. The molecule has 0 fully saturated rings. The number of ether oxygens (including phenoxy) is 1. The molecule has 1 N–H and O–H groups in total. The van der Waals surface area contributed by atoms with E-state index in [9.17, 15) is 9.59 Å². The summed E-state index contributed by atoms with van der Waals surface area (Å²) in [6.45, 7) is 4.22. The van der Waals surface area contributed by atoms with E-state index in [0.29, 0.717) is 17.3 Å². The van der Waals surface area contributed by atoms with Crippen molar-refractivity contribution in [2.24, 2.45) is 0 Å². The number of pyridine rings is 1. The van der Waals surface area contributed by atoms with E-state index in [0.717, 1.165) is 12.0 Å². The van der Waals surface area contributed by atoms with Gasteiger partial charge in [-0.25, -0.2) is 0 Å². The Morgan fingerprint density at radius 1 is 1.35 bits per heavy atom. The minimum Gasteiger partial charge on any atom is -0.488 e. The van der Waals surface area contributed by atoms with Gasteiger partial charge >= 0.3 is 0 Å². The molecule has 0 unspecified atom stereocenters. The van der Waals surface area contributed by atoms with Gasteiger partial charge in [-0.1, -0.05) is 24.6 Å². The van der Waals surface area contributed by atoms with Gasteiger partial charge in [-0.2, -0.15) is 0 Å². The maximum atomic E-state index is 12.2. The van der Waals surface area contributed by atoms with Crippen LogP contribution in [0, 0.1) is 6.92 Å².